The van der Waals surface area contributed by atoms with Crippen molar-refractivity contribution in [3.05, 3.63) is 65.2 Å². The van der Waals surface area contributed by atoms with Gasteiger partial charge in [-0.05, 0) is 43.8 Å². The van der Waals surface area contributed by atoms with Crippen LogP contribution < -0.4 is 4.90 Å². The number of carbonyl (C=O) groups excluding carboxylic acids is 1. The summed E-state index contributed by atoms with van der Waals surface area (Å²) in [5.74, 6) is -0.278. The molecule has 2 aromatic rings. The van der Waals surface area contributed by atoms with Crippen molar-refractivity contribution >= 4 is 11.7 Å². The van der Waals surface area contributed by atoms with Crippen LogP contribution in [0, 0.1) is 0 Å². The molecule has 24 heavy (non-hydrogen) atoms. The van der Waals surface area contributed by atoms with Crippen molar-refractivity contribution in [2.45, 2.75) is 19.0 Å². The van der Waals surface area contributed by atoms with Gasteiger partial charge in [0.05, 0.1) is 12.7 Å². The first-order chi connectivity index (χ1) is 11.6. The van der Waals surface area contributed by atoms with Crippen molar-refractivity contribution in [1.82, 2.24) is 4.90 Å². The van der Waals surface area contributed by atoms with Gasteiger partial charge in [-0.15, -0.1) is 0 Å². The zero-order valence-electron chi connectivity index (χ0n) is 14.5. The Labute approximate surface area is 143 Å². The Morgan fingerprint density at radius 1 is 1.17 bits per heavy atom. The minimum absolute atomic E-state index is 0.278. The maximum absolute atomic E-state index is 12.0. The normalized spacial score (nSPS) is 16.8. The number of carbonyl (C=O) groups is 1. The average Bonchev–Trinajstić information content (AvgIpc) is 2.61. The molecule has 1 heterocycles. The molecule has 126 valence electrons. The van der Waals surface area contributed by atoms with Crippen molar-refractivity contribution in [2.75, 3.05) is 32.6 Å². The Bertz CT molecular complexity index is 727. The highest BCUT2D eigenvalue weighted by Crippen LogP contribution is 2.30. The zero-order valence-corrected chi connectivity index (χ0v) is 14.5. The zero-order chi connectivity index (χ0) is 17.1. The highest BCUT2D eigenvalue weighted by molar-refractivity contribution is 5.91. The number of benzene rings is 2. The standard InChI is InChI=1S/C20H24N2O2/c1-21(2)17-12-15-8-5-7-11-19(15)22(14-17)13-16-9-4-6-10-18(16)20(23)24-3/h4-11,17H,12-14H2,1-3H3/t17-/m0/s1. The summed E-state index contributed by atoms with van der Waals surface area (Å²) in [6.07, 6.45) is 1.05. The predicted molar refractivity (Wildman–Crippen MR) is 96.5 cm³/mol. The van der Waals surface area contributed by atoms with Crippen molar-refractivity contribution in [3.63, 3.8) is 0 Å². The molecule has 0 aromatic heterocycles. The molecule has 0 radical (unpaired) electrons. The van der Waals surface area contributed by atoms with E-state index in [1.165, 1.54) is 18.4 Å². The third kappa shape index (κ3) is 3.29. The summed E-state index contributed by atoms with van der Waals surface area (Å²) in [7, 11) is 5.68. The molecule has 0 saturated heterocycles. The number of nitrogens with zero attached hydrogens (tertiary/aromatic N) is 2. The molecule has 4 heteroatoms. The molecule has 0 spiro atoms. The van der Waals surface area contributed by atoms with Crippen molar-refractivity contribution < 1.29 is 9.53 Å². The first kappa shape index (κ1) is 16.5. The lowest BCUT2D eigenvalue weighted by Gasteiger charge is -2.39. The van der Waals surface area contributed by atoms with Gasteiger partial charge in [-0.25, -0.2) is 4.79 Å². The largest absolute Gasteiger partial charge is 0.465 e. The van der Waals surface area contributed by atoms with Gasteiger partial charge in [0.15, 0.2) is 0 Å². The van der Waals surface area contributed by atoms with E-state index in [2.05, 4.69) is 48.2 Å². The van der Waals surface area contributed by atoms with Crippen LogP contribution in [0.3, 0.4) is 0 Å². The Morgan fingerprint density at radius 2 is 1.88 bits per heavy atom. The van der Waals surface area contributed by atoms with Crippen molar-refractivity contribution in [2.24, 2.45) is 0 Å². The summed E-state index contributed by atoms with van der Waals surface area (Å²) in [5.41, 5.74) is 4.26. The quantitative estimate of drug-likeness (QED) is 0.810. The van der Waals surface area contributed by atoms with Crippen molar-refractivity contribution in [1.29, 1.82) is 0 Å². The number of anilines is 1. The lowest BCUT2D eigenvalue weighted by molar-refractivity contribution is 0.0599. The number of esters is 1. The number of likely N-dealkylation sites (N-methyl/N-ethyl adjacent to an activating group) is 1. The Hall–Kier alpha value is -2.33. The minimum Gasteiger partial charge on any atom is -0.465 e. The molecule has 0 unspecified atom stereocenters. The second kappa shape index (κ2) is 7.05. The molecule has 3 rings (SSSR count). The lowest BCUT2D eigenvalue weighted by Crippen LogP contribution is -2.45. The molecule has 1 aliphatic rings. The number of rotatable bonds is 4. The SMILES string of the molecule is COC(=O)c1ccccc1CN1C[C@@H](N(C)C)Cc2ccccc21. The molecular formula is C20H24N2O2. The van der Waals surface area contributed by atoms with Crippen LogP contribution in [0.25, 0.3) is 0 Å². The second-order valence-electron chi connectivity index (χ2n) is 6.48. The fraction of sp³-hybridized carbons (Fsp3) is 0.350. The van der Waals surface area contributed by atoms with E-state index in [9.17, 15) is 4.79 Å². The molecule has 4 nitrogen and oxygen atoms in total. The van der Waals surface area contributed by atoms with Gasteiger partial charge in [0.1, 0.15) is 0 Å². The molecule has 0 N–H and O–H groups in total. The maximum atomic E-state index is 12.0. The van der Waals surface area contributed by atoms with E-state index in [-0.39, 0.29) is 5.97 Å². The Morgan fingerprint density at radius 3 is 2.62 bits per heavy atom. The molecule has 1 atom stereocenters. The van der Waals surface area contributed by atoms with Crippen LogP contribution in [-0.2, 0) is 17.7 Å². The van der Waals surface area contributed by atoms with Gasteiger partial charge in [0, 0.05) is 24.8 Å². The van der Waals surface area contributed by atoms with Crippen LogP contribution >= 0.6 is 0 Å². The van der Waals surface area contributed by atoms with Crippen LogP contribution in [0.1, 0.15) is 21.5 Å². The van der Waals surface area contributed by atoms with Crippen LogP contribution in [0.15, 0.2) is 48.5 Å². The molecule has 0 saturated carbocycles. The summed E-state index contributed by atoms with van der Waals surface area (Å²) in [4.78, 5) is 16.7. The maximum Gasteiger partial charge on any atom is 0.338 e. The highest BCUT2D eigenvalue weighted by atomic mass is 16.5. The first-order valence-corrected chi connectivity index (χ1v) is 8.25. The fourth-order valence-corrected chi connectivity index (χ4v) is 3.33. The molecular weight excluding hydrogens is 300 g/mol. The molecule has 0 amide bonds. The van der Waals surface area contributed by atoms with Gasteiger partial charge in [0.2, 0.25) is 0 Å². The van der Waals surface area contributed by atoms with Crippen LogP contribution in [-0.4, -0.2) is 44.7 Å². The Kier molecular flexibility index (Phi) is 4.86. The van der Waals surface area contributed by atoms with Crippen molar-refractivity contribution in [3.8, 4) is 0 Å². The number of para-hydroxylation sites is 1. The van der Waals surface area contributed by atoms with E-state index in [4.69, 9.17) is 4.74 Å². The first-order valence-electron chi connectivity index (χ1n) is 8.25. The van der Waals surface area contributed by atoms with Crippen LogP contribution in [0.2, 0.25) is 0 Å². The molecule has 2 aromatic carbocycles. The topological polar surface area (TPSA) is 32.8 Å². The second-order valence-corrected chi connectivity index (χ2v) is 6.48. The average molecular weight is 324 g/mol. The van der Waals surface area contributed by atoms with Crippen LogP contribution in [0.4, 0.5) is 5.69 Å². The van der Waals surface area contributed by atoms with Gasteiger partial charge >= 0.3 is 5.97 Å². The number of ether oxygens (including phenoxy) is 1. The fourth-order valence-electron chi connectivity index (χ4n) is 3.33. The molecule has 1 aliphatic heterocycles. The third-order valence-electron chi connectivity index (χ3n) is 4.73. The lowest BCUT2D eigenvalue weighted by atomic mass is 9.96. The van der Waals surface area contributed by atoms with E-state index < -0.39 is 0 Å². The molecule has 0 fully saturated rings. The number of hydrogen-bond acceptors (Lipinski definition) is 4. The number of hydrogen-bond donors (Lipinski definition) is 0. The summed E-state index contributed by atoms with van der Waals surface area (Å²) >= 11 is 0. The van der Waals surface area contributed by atoms with Crippen LogP contribution in [0.5, 0.6) is 0 Å². The summed E-state index contributed by atoms with van der Waals surface area (Å²) < 4.78 is 4.93. The van der Waals surface area contributed by atoms with E-state index in [1.807, 2.05) is 24.3 Å². The predicted octanol–water partition coefficient (Wildman–Crippen LogP) is 2.97. The summed E-state index contributed by atoms with van der Waals surface area (Å²) in [6, 6.07) is 16.7. The minimum atomic E-state index is -0.278. The van der Waals surface area contributed by atoms with E-state index in [0.29, 0.717) is 18.2 Å². The van der Waals surface area contributed by atoms with Gasteiger partial charge < -0.3 is 14.5 Å². The van der Waals surface area contributed by atoms with Gasteiger partial charge in [-0.1, -0.05) is 36.4 Å². The van der Waals surface area contributed by atoms with E-state index in [1.54, 1.807) is 0 Å². The van der Waals surface area contributed by atoms with Gasteiger partial charge in [0.25, 0.3) is 0 Å². The van der Waals surface area contributed by atoms with Gasteiger partial charge in [-0.2, -0.15) is 0 Å². The smallest absolute Gasteiger partial charge is 0.338 e. The molecule has 0 aliphatic carbocycles. The summed E-state index contributed by atoms with van der Waals surface area (Å²) in [6.45, 7) is 1.64. The highest BCUT2D eigenvalue weighted by Gasteiger charge is 2.26. The van der Waals surface area contributed by atoms with E-state index in [0.717, 1.165) is 18.5 Å². The number of methoxy groups -OCH3 is 1. The Balaban J connectivity index is 1.93. The summed E-state index contributed by atoms with van der Waals surface area (Å²) in [5, 5.41) is 0. The third-order valence-corrected chi connectivity index (χ3v) is 4.73. The molecule has 0 bridgehead atoms. The van der Waals surface area contributed by atoms with Gasteiger partial charge in [-0.3, -0.25) is 0 Å². The van der Waals surface area contributed by atoms with E-state index >= 15 is 0 Å². The number of fused-ring (bicyclic) bond motifs is 1. The monoisotopic (exact) mass is 324 g/mol.